The van der Waals surface area contributed by atoms with E-state index in [4.69, 9.17) is 4.74 Å². The molecule has 1 nitrogen and oxygen atoms in total. The monoisotopic (exact) mass is 126 g/mol. The fraction of sp³-hybridized carbons (Fsp3) is 1.00. The van der Waals surface area contributed by atoms with E-state index in [1.165, 1.54) is 25.7 Å². The van der Waals surface area contributed by atoms with Crippen LogP contribution in [0.2, 0.25) is 0 Å². The summed E-state index contributed by atoms with van der Waals surface area (Å²) < 4.78 is 5.30. The van der Waals surface area contributed by atoms with Gasteiger partial charge >= 0.3 is 0 Å². The molecule has 1 heteroatoms. The maximum absolute atomic E-state index is 5.30. The first-order valence-corrected chi connectivity index (χ1v) is 3.94. The average molecular weight is 126 g/mol. The van der Waals surface area contributed by atoms with Gasteiger partial charge in [0.25, 0.3) is 0 Å². The van der Waals surface area contributed by atoms with Gasteiger partial charge < -0.3 is 4.74 Å². The van der Waals surface area contributed by atoms with Crippen LogP contribution in [-0.4, -0.2) is 13.2 Å². The van der Waals surface area contributed by atoms with Crippen molar-refractivity contribution >= 4 is 0 Å². The van der Waals surface area contributed by atoms with Gasteiger partial charge in [-0.3, -0.25) is 0 Å². The van der Waals surface area contributed by atoms with Crippen molar-refractivity contribution in [1.29, 1.82) is 0 Å². The number of methoxy groups -OCH3 is 1. The molecule has 0 aliphatic heterocycles. The number of ether oxygens (including phenoxy) is 1. The van der Waals surface area contributed by atoms with Crippen LogP contribution < -0.4 is 0 Å². The predicted molar refractivity (Wildman–Crippen MR) is 36.2 cm³/mol. The molecule has 2 aliphatic rings. The van der Waals surface area contributed by atoms with E-state index in [2.05, 4.69) is 0 Å². The largest absolute Gasteiger partial charge is 0.381 e. The topological polar surface area (TPSA) is 9.23 Å². The van der Waals surface area contributed by atoms with Gasteiger partial charge in [-0.2, -0.15) is 0 Å². The minimum atomic E-state index is 0.637. The van der Waals surface area contributed by atoms with Crippen LogP contribution in [0.5, 0.6) is 0 Å². The number of hydrogen-bond acceptors (Lipinski definition) is 1. The van der Waals surface area contributed by atoms with Crippen LogP contribution in [0.15, 0.2) is 0 Å². The molecule has 3 atom stereocenters. The third-order valence-electron chi connectivity index (χ3n) is 3.03. The van der Waals surface area contributed by atoms with Gasteiger partial charge in [0, 0.05) is 7.11 Å². The van der Waals surface area contributed by atoms with Crippen LogP contribution in [-0.2, 0) is 4.74 Å². The zero-order chi connectivity index (χ0) is 6.27. The average Bonchev–Trinajstić information content (AvgIpc) is 2.14. The van der Waals surface area contributed by atoms with Crippen molar-refractivity contribution in [1.82, 2.24) is 0 Å². The maximum Gasteiger partial charge on any atom is 0.0604 e. The highest BCUT2D eigenvalue weighted by Gasteiger charge is 2.43. The van der Waals surface area contributed by atoms with Crippen LogP contribution in [0.3, 0.4) is 0 Å². The molecule has 2 fully saturated rings. The molecule has 0 aromatic heterocycles. The van der Waals surface area contributed by atoms with Crippen molar-refractivity contribution in [2.24, 2.45) is 11.8 Å². The lowest BCUT2D eigenvalue weighted by Crippen LogP contribution is -2.38. The molecule has 2 rings (SSSR count). The van der Waals surface area contributed by atoms with Crippen molar-refractivity contribution in [3.8, 4) is 0 Å². The molecule has 0 saturated heterocycles. The van der Waals surface area contributed by atoms with Crippen molar-refractivity contribution in [2.45, 2.75) is 31.8 Å². The van der Waals surface area contributed by atoms with Crippen LogP contribution in [0.25, 0.3) is 0 Å². The van der Waals surface area contributed by atoms with Gasteiger partial charge in [0.2, 0.25) is 0 Å². The molecule has 2 saturated carbocycles. The number of fused-ring (bicyclic) bond motifs is 1. The molecule has 0 aromatic rings. The molecule has 2 aliphatic carbocycles. The molecule has 0 aromatic carbocycles. The molecule has 9 heavy (non-hydrogen) atoms. The quantitative estimate of drug-likeness (QED) is 0.520. The van der Waals surface area contributed by atoms with Crippen LogP contribution in [0, 0.1) is 11.8 Å². The Labute approximate surface area is 56.4 Å². The summed E-state index contributed by atoms with van der Waals surface area (Å²) >= 11 is 0. The van der Waals surface area contributed by atoms with Crippen LogP contribution in [0.4, 0.5) is 0 Å². The van der Waals surface area contributed by atoms with Crippen LogP contribution >= 0.6 is 0 Å². The highest BCUT2D eigenvalue weighted by molar-refractivity contribution is 4.94. The van der Waals surface area contributed by atoms with E-state index in [-0.39, 0.29) is 0 Å². The van der Waals surface area contributed by atoms with Gasteiger partial charge in [-0.1, -0.05) is 6.42 Å². The van der Waals surface area contributed by atoms with Crippen molar-refractivity contribution in [3.63, 3.8) is 0 Å². The molecule has 0 spiro atoms. The Hall–Kier alpha value is -0.0400. The van der Waals surface area contributed by atoms with Gasteiger partial charge in [-0.25, -0.2) is 0 Å². The summed E-state index contributed by atoms with van der Waals surface area (Å²) in [4.78, 5) is 0. The lowest BCUT2D eigenvalue weighted by molar-refractivity contribution is -0.0476. The Morgan fingerprint density at radius 2 is 2.22 bits per heavy atom. The number of hydrogen-bond donors (Lipinski definition) is 0. The molecule has 0 bridgehead atoms. The minimum Gasteiger partial charge on any atom is -0.381 e. The van der Waals surface area contributed by atoms with E-state index in [1.54, 1.807) is 0 Å². The summed E-state index contributed by atoms with van der Waals surface area (Å²) in [5, 5.41) is 0. The zero-order valence-electron chi connectivity index (χ0n) is 5.97. The lowest BCUT2D eigenvalue weighted by atomic mass is 9.73. The molecule has 0 radical (unpaired) electrons. The van der Waals surface area contributed by atoms with E-state index < -0.39 is 0 Å². The minimum absolute atomic E-state index is 0.637. The normalized spacial score (nSPS) is 48.3. The highest BCUT2D eigenvalue weighted by Crippen LogP contribution is 2.47. The second-order valence-electron chi connectivity index (χ2n) is 3.36. The summed E-state index contributed by atoms with van der Waals surface area (Å²) in [5.41, 5.74) is 0. The smallest absolute Gasteiger partial charge is 0.0604 e. The van der Waals surface area contributed by atoms with Crippen molar-refractivity contribution in [2.75, 3.05) is 7.11 Å². The van der Waals surface area contributed by atoms with E-state index >= 15 is 0 Å². The van der Waals surface area contributed by atoms with Crippen molar-refractivity contribution < 1.29 is 4.74 Å². The third kappa shape index (κ3) is 0.710. The molecule has 0 heterocycles. The zero-order valence-corrected chi connectivity index (χ0v) is 5.97. The first-order valence-electron chi connectivity index (χ1n) is 3.94. The highest BCUT2D eigenvalue weighted by atomic mass is 16.5. The fourth-order valence-corrected chi connectivity index (χ4v) is 2.40. The second-order valence-corrected chi connectivity index (χ2v) is 3.36. The Morgan fingerprint density at radius 3 is 2.89 bits per heavy atom. The van der Waals surface area contributed by atoms with Gasteiger partial charge in [0.05, 0.1) is 6.10 Å². The molecule has 3 unspecified atom stereocenters. The summed E-state index contributed by atoms with van der Waals surface area (Å²) in [5.74, 6) is 2.00. The van der Waals surface area contributed by atoms with Gasteiger partial charge in [0.1, 0.15) is 0 Å². The first kappa shape index (κ1) is 5.72. The van der Waals surface area contributed by atoms with Gasteiger partial charge in [-0.15, -0.1) is 0 Å². The van der Waals surface area contributed by atoms with Gasteiger partial charge in [-0.05, 0) is 31.1 Å². The molecular formula is C8H14O. The van der Waals surface area contributed by atoms with Crippen molar-refractivity contribution in [3.05, 3.63) is 0 Å². The number of rotatable bonds is 1. The molecule has 52 valence electrons. The Bertz CT molecular complexity index is 111. The van der Waals surface area contributed by atoms with E-state index in [1.807, 2.05) is 7.11 Å². The molecular weight excluding hydrogens is 112 g/mol. The summed E-state index contributed by atoms with van der Waals surface area (Å²) in [6, 6.07) is 0. The van der Waals surface area contributed by atoms with Crippen LogP contribution in [0.1, 0.15) is 25.7 Å². The first-order chi connectivity index (χ1) is 4.42. The summed E-state index contributed by atoms with van der Waals surface area (Å²) in [6.07, 6.45) is 6.35. The summed E-state index contributed by atoms with van der Waals surface area (Å²) in [6.45, 7) is 0. The summed E-state index contributed by atoms with van der Waals surface area (Å²) in [7, 11) is 1.85. The van der Waals surface area contributed by atoms with E-state index in [9.17, 15) is 0 Å². The SMILES string of the molecule is COC1CC2CCCC21. The van der Waals surface area contributed by atoms with Gasteiger partial charge in [0.15, 0.2) is 0 Å². The Kier molecular flexibility index (Phi) is 1.26. The molecule has 0 amide bonds. The Balaban J connectivity index is 1.93. The standard InChI is InChI=1S/C8H14O/c1-9-8-5-6-3-2-4-7(6)8/h6-8H,2-5H2,1H3. The Morgan fingerprint density at radius 1 is 1.33 bits per heavy atom. The third-order valence-corrected chi connectivity index (χ3v) is 3.03. The second kappa shape index (κ2) is 1.98. The van der Waals surface area contributed by atoms with E-state index in [0.717, 1.165) is 11.8 Å². The fourth-order valence-electron chi connectivity index (χ4n) is 2.40. The van der Waals surface area contributed by atoms with E-state index in [0.29, 0.717) is 6.10 Å². The maximum atomic E-state index is 5.30. The predicted octanol–water partition coefficient (Wildman–Crippen LogP) is 1.82. The molecule has 0 N–H and O–H groups in total. The lowest BCUT2D eigenvalue weighted by Gasteiger charge is -2.39.